The van der Waals surface area contributed by atoms with Crippen molar-refractivity contribution in [3.05, 3.63) is 81.6 Å². The van der Waals surface area contributed by atoms with Crippen LogP contribution in [0.5, 0.6) is 0 Å². The van der Waals surface area contributed by atoms with Gasteiger partial charge in [-0.15, -0.1) is 0 Å². The summed E-state index contributed by atoms with van der Waals surface area (Å²) in [5, 5.41) is 23.8. The van der Waals surface area contributed by atoms with Crippen LogP contribution in [0.4, 0.5) is 5.69 Å². The van der Waals surface area contributed by atoms with Crippen LogP contribution in [0.3, 0.4) is 0 Å². The molecule has 1 N–H and O–H groups in total. The lowest BCUT2D eigenvalue weighted by atomic mass is 9.94. The van der Waals surface area contributed by atoms with Crippen LogP contribution in [0.2, 0.25) is 0 Å². The Labute approximate surface area is 155 Å². The molecule has 0 aliphatic carbocycles. The van der Waals surface area contributed by atoms with Gasteiger partial charge in [-0.25, -0.2) is 4.79 Å². The van der Waals surface area contributed by atoms with Crippen molar-refractivity contribution >= 4 is 22.9 Å². The van der Waals surface area contributed by atoms with Gasteiger partial charge in [0.25, 0.3) is 5.69 Å². The molecule has 0 saturated carbocycles. The summed E-state index contributed by atoms with van der Waals surface area (Å²) in [6.45, 7) is 0. The number of nitro benzene ring substituents is 1. The summed E-state index contributed by atoms with van der Waals surface area (Å²) in [6, 6.07) is 12.8. The van der Waals surface area contributed by atoms with Gasteiger partial charge in [-0.05, 0) is 5.56 Å². The van der Waals surface area contributed by atoms with Crippen LogP contribution in [-0.4, -0.2) is 36.0 Å². The number of esters is 1. The van der Waals surface area contributed by atoms with E-state index >= 15 is 0 Å². The minimum Gasteiger partial charge on any atom is -0.503 e. The number of nitrogens with zero attached hydrogens (tertiary/aromatic N) is 2. The van der Waals surface area contributed by atoms with Crippen LogP contribution < -0.4 is 0 Å². The Balaban J connectivity index is 2.47. The average molecular weight is 370 g/mol. The molecule has 140 valence electrons. The fraction of sp³-hybridized carbons (Fsp3) is 0.158. The predicted molar refractivity (Wildman–Crippen MR) is 98.6 cm³/mol. The van der Waals surface area contributed by atoms with Gasteiger partial charge in [0.15, 0.2) is 0 Å². The molecule has 0 heterocycles. The number of oxime groups is 1. The summed E-state index contributed by atoms with van der Waals surface area (Å²) in [7, 11) is 2.65. The molecule has 0 bridgehead atoms. The van der Waals surface area contributed by atoms with E-state index in [1.54, 1.807) is 36.4 Å². The first-order chi connectivity index (χ1) is 13.0. The maximum Gasteiger partial charge on any atom is 0.341 e. The summed E-state index contributed by atoms with van der Waals surface area (Å²) in [6.07, 6.45) is 1.36. The fourth-order valence-corrected chi connectivity index (χ4v) is 2.58. The van der Waals surface area contributed by atoms with Crippen molar-refractivity contribution in [3.8, 4) is 0 Å². The predicted octanol–water partition coefficient (Wildman–Crippen LogP) is 3.18. The van der Waals surface area contributed by atoms with E-state index < -0.39 is 10.9 Å². The van der Waals surface area contributed by atoms with Crippen molar-refractivity contribution < 1.29 is 24.4 Å². The highest BCUT2D eigenvalue weighted by Crippen LogP contribution is 2.23. The largest absolute Gasteiger partial charge is 0.503 e. The number of methoxy groups -OCH3 is 2. The first kappa shape index (κ1) is 19.6. The minimum absolute atomic E-state index is 0.0624. The number of non-ortho nitro benzene ring substituents is 1. The quantitative estimate of drug-likeness (QED) is 0.152. The maximum atomic E-state index is 12.1. The molecule has 0 aliphatic heterocycles. The smallest absolute Gasteiger partial charge is 0.341 e. The molecule has 0 amide bonds. The molecule has 0 unspecified atom stereocenters. The van der Waals surface area contributed by atoms with Crippen LogP contribution in [-0.2, 0) is 20.7 Å². The summed E-state index contributed by atoms with van der Waals surface area (Å²) in [5.74, 6) is -0.614. The molecular weight excluding hydrogens is 352 g/mol. The molecule has 0 aromatic heterocycles. The van der Waals surface area contributed by atoms with Crippen LogP contribution >= 0.6 is 0 Å². The Kier molecular flexibility index (Phi) is 6.65. The van der Waals surface area contributed by atoms with Gasteiger partial charge >= 0.3 is 5.97 Å². The van der Waals surface area contributed by atoms with Crippen molar-refractivity contribution in [2.45, 2.75) is 6.42 Å². The van der Waals surface area contributed by atoms with Crippen LogP contribution in [0.15, 0.2) is 59.9 Å². The maximum absolute atomic E-state index is 12.1. The molecule has 8 nitrogen and oxygen atoms in total. The lowest BCUT2D eigenvalue weighted by Gasteiger charge is -2.13. The Morgan fingerprint density at radius 1 is 1.19 bits per heavy atom. The summed E-state index contributed by atoms with van der Waals surface area (Å²) in [4.78, 5) is 22.6. The van der Waals surface area contributed by atoms with E-state index in [2.05, 4.69) is 5.16 Å². The Hall–Kier alpha value is -3.68. The number of carbonyl (C=O) groups is 1. The molecule has 0 atom stereocenters. The van der Waals surface area contributed by atoms with Gasteiger partial charge in [0, 0.05) is 29.7 Å². The van der Waals surface area contributed by atoms with E-state index in [0.29, 0.717) is 16.7 Å². The second kappa shape index (κ2) is 9.14. The monoisotopic (exact) mass is 370 g/mol. The van der Waals surface area contributed by atoms with Crippen LogP contribution in [0.25, 0.3) is 5.57 Å². The van der Waals surface area contributed by atoms with Gasteiger partial charge < -0.3 is 14.7 Å². The zero-order valence-corrected chi connectivity index (χ0v) is 14.8. The topological polar surface area (TPSA) is 111 Å². The van der Waals surface area contributed by atoms with Crippen molar-refractivity contribution in [2.24, 2.45) is 5.16 Å². The third-order valence-corrected chi connectivity index (χ3v) is 3.78. The Bertz CT molecular complexity index is 905. The lowest BCUT2D eigenvalue weighted by Crippen LogP contribution is -2.12. The van der Waals surface area contributed by atoms with E-state index in [4.69, 9.17) is 9.47 Å². The first-order valence-electron chi connectivity index (χ1n) is 7.87. The number of hydrogen-bond donors (Lipinski definition) is 1. The van der Waals surface area contributed by atoms with Crippen LogP contribution in [0.1, 0.15) is 16.7 Å². The van der Waals surface area contributed by atoms with Gasteiger partial charge in [-0.1, -0.05) is 41.6 Å². The van der Waals surface area contributed by atoms with Gasteiger partial charge in [-0.3, -0.25) is 10.1 Å². The molecule has 0 radical (unpaired) electrons. The van der Waals surface area contributed by atoms with Crippen molar-refractivity contribution in [3.63, 3.8) is 0 Å². The molecule has 2 aromatic rings. The molecule has 8 heteroatoms. The van der Waals surface area contributed by atoms with E-state index in [9.17, 15) is 20.1 Å². The summed E-state index contributed by atoms with van der Waals surface area (Å²) in [5.41, 5.74) is 1.83. The molecule has 0 fully saturated rings. The number of carbonyl (C=O) groups excluding carboxylic acids is 1. The zero-order chi connectivity index (χ0) is 19.8. The highest BCUT2D eigenvalue weighted by Gasteiger charge is 2.20. The highest BCUT2D eigenvalue weighted by atomic mass is 16.6. The van der Waals surface area contributed by atoms with Gasteiger partial charge in [0.05, 0.1) is 31.1 Å². The zero-order valence-electron chi connectivity index (χ0n) is 14.8. The number of rotatable bonds is 7. The lowest BCUT2D eigenvalue weighted by molar-refractivity contribution is -0.384. The molecular formula is C19H18N2O6. The molecule has 0 saturated heterocycles. The minimum atomic E-state index is -0.614. The number of hydrogen-bond acceptors (Lipinski definition) is 7. The molecule has 27 heavy (non-hydrogen) atoms. The van der Waals surface area contributed by atoms with E-state index in [0.717, 1.165) is 0 Å². The normalized spacial score (nSPS) is 11.8. The molecule has 0 spiro atoms. The number of nitro groups is 1. The standard InChI is InChI=1S/C19H18N2O6/c1-26-12-17(19(22)27-2)15-8-3-4-9-16(15)18(20-23)11-13-6-5-7-14(10-13)21(24)25/h3-10,12,23H,11H2,1-2H3/b17-12+,20-18+. The first-order valence-corrected chi connectivity index (χ1v) is 7.87. The van der Waals surface area contributed by atoms with Crippen molar-refractivity contribution in [1.82, 2.24) is 0 Å². The Morgan fingerprint density at radius 2 is 1.89 bits per heavy atom. The molecule has 2 aromatic carbocycles. The van der Waals surface area contributed by atoms with E-state index in [1.165, 1.54) is 32.6 Å². The van der Waals surface area contributed by atoms with Gasteiger partial charge in [0.2, 0.25) is 0 Å². The fourth-order valence-electron chi connectivity index (χ4n) is 2.58. The van der Waals surface area contributed by atoms with E-state index in [-0.39, 0.29) is 23.4 Å². The summed E-state index contributed by atoms with van der Waals surface area (Å²) >= 11 is 0. The number of benzene rings is 2. The average Bonchev–Trinajstić information content (AvgIpc) is 2.70. The number of ether oxygens (including phenoxy) is 2. The molecule has 0 aliphatic rings. The second-order valence-corrected chi connectivity index (χ2v) is 5.45. The Morgan fingerprint density at radius 3 is 2.48 bits per heavy atom. The van der Waals surface area contributed by atoms with Crippen molar-refractivity contribution in [1.29, 1.82) is 0 Å². The highest BCUT2D eigenvalue weighted by molar-refractivity contribution is 6.19. The van der Waals surface area contributed by atoms with Gasteiger partial charge in [0.1, 0.15) is 5.57 Å². The molecule has 2 rings (SSSR count). The summed E-state index contributed by atoms with van der Waals surface area (Å²) < 4.78 is 9.75. The van der Waals surface area contributed by atoms with E-state index in [1.807, 2.05) is 0 Å². The second-order valence-electron chi connectivity index (χ2n) is 5.45. The third-order valence-electron chi connectivity index (χ3n) is 3.78. The van der Waals surface area contributed by atoms with Gasteiger partial charge in [-0.2, -0.15) is 0 Å². The third kappa shape index (κ3) is 4.69. The van der Waals surface area contributed by atoms with Crippen molar-refractivity contribution in [2.75, 3.05) is 14.2 Å². The van der Waals surface area contributed by atoms with Crippen LogP contribution in [0, 0.1) is 10.1 Å². The SMILES string of the molecule is CO/C=C(/C(=O)OC)c1ccccc1/C(Cc1cccc([N+](=O)[O-])c1)=N/O.